The van der Waals surface area contributed by atoms with Crippen LogP contribution in [-0.2, 0) is 6.54 Å². The van der Waals surface area contributed by atoms with Crippen molar-refractivity contribution in [2.75, 3.05) is 0 Å². The Morgan fingerprint density at radius 3 is 2.90 bits per heavy atom. The maximum absolute atomic E-state index is 9.79. The maximum atomic E-state index is 9.79. The lowest BCUT2D eigenvalue weighted by Gasteiger charge is -2.15. The molecule has 2 aromatic heterocycles. The van der Waals surface area contributed by atoms with Crippen LogP contribution in [0.2, 0.25) is 0 Å². The molecule has 0 aromatic carbocycles. The first kappa shape index (κ1) is 13.5. The minimum absolute atomic E-state index is 0.191. The molecule has 1 aliphatic carbocycles. The molecule has 0 radical (unpaired) electrons. The van der Waals surface area contributed by atoms with Crippen LogP contribution in [0.25, 0.3) is 11.2 Å². The lowest BCUT2D eigenvalue weighted by molar-refractivity contribution is 0.148. The molecular weight excluding hydrogens is 254 g/mol. The summed E-state index contributed by atoms with van der Waals surface area (Å²) in [5.74, 6) is 0.989. The van der Waals surface area contributed by atoms with Crippen molar-refractivity contribution in [2.45, 2.75) is 57.7 Å². The summed E-state index contributed by atoms with van der Waals surface area (Å²) in [6.45, 7) is 4.75. The third-order valence-electron chi connectivity index (χ3n) is 3.85. The molecule has 20 heavy (non-hydrogen) atoms. The van der Waals surface area contributed by atoms with Gasteiger partial charge in [-0.05, 0) is 31.4 Å². The number of aliphatic hydroxyl groups is 1. The van der Waals surface area contributed by atoms with E-state index in [1.165, 1.54) is 0 Å². The van der Waals surface area contributed by atoms with E-state index in [1.54, 1.807) is 0 Å². The summed E-state index contributed by atoms with van der Waals surface area (Å²) in [5, 5.41) is 13.2. The largest absolute Gasteiger partial charge is 0.439 e. The number of pyridine rings is 1. The molecular formula is C15H21N3O2. The fourth-order valence-electron chi connectivity index (χ4n) is 2.63. The first-order chi connectivity index (χ1) is 9.63. The van der Waals surface area contributed by atoms with E-state index in [4.69, 9.17) is 4.42 Å². The van der Waals surface area contributed by atoms with E-state index in [0.29, 0.717) is 12.2 Å². The average Bonchev–Trinajstić information content (AvgIpc) is 3.01. The summed E-state index contributed by atoms with van der Waals surface area (Å²) >= 11 is 0. The van der Waals surface area contributed by atoms with Gasteiger partial charge in [0.1, 0.15) is 0 Å². The van der Waals surface area contributed by atoms with E-state index in [2.05, 4.69) is 29.1 Å². The quantitative estimate of drug-likeness (QED) is 0.896. The highest BCUT2D eigenvalue weighted by Gasteiger charge is 2.24. The van der Waals surface area contributed by atoms with E-state index < -0.39 is 0 Å². The Hall–Kier alpha value is -1.46. The first-order valence-electron chi connectivity index (χ1n) is 7.31. The van der Waals surface area contributed by atoms with Gasteiger partial charge in [-0.1, -0.05) is 13.8 Å². The van der Waals surface area contributed by atoms with Gasteiger partial charge >= 0.3 is 0 Å². The van der Waals surface area contributed by atoms with E-state index in [1.807, 2.05) is 12.1 Å². The minimum Gasteiger partial charge on any atom is -0.439 e. The second-order valence-electron chi connectivity index (χ2n) is 5.82. The van der Waals surface area contributed by atoms with Gasteiger partial charge in [0.25, 0.3) is 0 Å². The van der Waals surface area contributed by atoms with Crippen molar-refractivity contribution >= 4 is 11.2 Å². The Kier molecular flexibility index (Phi) is 3.72. The maximum Gasteiger partial charge on any atom is 0.199 e. The van der Waals surface area contributed by atoms with Gasteiger partial charge in [-0.2, -0.15) is 4.98 Å². The molecule has 2 atom stereocenters. The highest BCUT2D eigenvalue weighted by Crippen LogP contribution is 2.21. The molecule has 1 aliphatic rings. The molecule has 1 saturated carbocycles. The summed E-state index contributed by atoms with van der Waals surface area (Å²) < 4.78 is 5.65. The molecule has 0 amide bonds. The molecule has 2 aromatic rings. The number of fused-ring (bicyclic) bond motifs is 1. The van der Waals surface area contributed by atoms with Crippen LogP contribution in [0.5, 0.6) is 0 Å². The molecule has 108 valence electrons. The lowest BCUT2D eigenvalue weighted by Crippen LogP contribution is -2.35. The van der Waals surface area contributed by atoms with E-state index in [0.717, 1.165) is 36.4 Å². The van der Waals surface area contributed by atoms with Gasteiger partial charge in [0, 0.05) is 18.5 Å². The van der Waals surface area contributed by atoms with Crippen molar-refractivity contribution in [3.63, 3.8) is 0 Å². The second kappa shape index (κ2) is 5.50. The lowest BCUT2D eigenvalue weighted by atomic mass is 10.2. The number of rotatable bonds is 4. The molecule has 2 heterocycles. The Morgan fingerprint density at radius 1 is 1.35 bits per heavy atom. The summed E-state index contributed by atoms with van der Waals surface area (Å²) in [7, 11) is 0. The molecule has 2 N–H and O–H groups in total. The summed E-state index contributed by atoms with van der Waals surface area (Å²) in [5.41, 5.74) is 2.33. The van der Waals surface area contributed by atoms with Gasteiger partial charge in [0.05, 0.1) is 11.8 Å². The van der Waals surface area contributed by atoms with Crippen LogP contribution in [-0.4, -0.2) is 27.2 Å². The van der Waals surface area contributed by atoms with Crippen molar-refractivity contribution < 1.29 is 9.52 Å². The van der Waals surface area contributed by atoms with E-state index >= 15 is 0 Å². The second-order valence-corrected chi connectivity index (χ2v) is 5.82. The molecule has 0 bridgehead atoms. The minimum atomic E-state index is -0.224. The Bertz CT molecular complexity index is 594. The van der Waals surface area contributed by atoms with Crippen LogP contribution < -0.4 is 5.32 Å². The molecule has 0 saturated heterocycles. The average molecular weight is 275 g/mol. The van der Waals surface area contributed by atoms with Gasteiger partial charge in [-0.15, -0.1) is 0 Å². The van der Waals surface area contributed by atoms with Crippen LogP contribution >= 0.6 is 0 Å². The molecule has 3 rings (SSSR count). The first-order valence-corrected chi connectivity index (χ1v) is 7.31. The molecule has 5 heteroatoms. The van der Waals surface area contributed by atoms with Crippen LogP contribution in [0.1, 0.15) is 50.6 Å². The predicted octanol–water partition coefficient (Wildman–Crippen LogP) is 2.35. The van der Waals surface area contributed by atoms with E-state index in [-0.39, 0.29) is 18.1 Å². The predicted molar refractivity (Wildman–Crippen MR) is 76.4 cm³/mol. The number of nitrogens with one attached hydrogen (secondary N) is 1. The Labute approximate surface area is 118 Å². The fourth-order valence-corrected chi connectivity index (χ4v) is 2.63. The van der Waals surface area contributed by atoms with Crippen LogP contribution in [0.3, 0.4) is 0 Å². The standard InChI is InChI=1S/C15H21N3O2/c1-9(2)15-18-14-13(20-15)7-6-10(17-14)8-16-11-4-3-5-12(11)19/h6-7,9,11-12,16,19H,3-5,8H2,1-2H3/t11-,12+/m1/s1. The van der Waals surface area contributed by atoms with Gasteiger partial charge in [0.2, 0.25) is 0 Å². The molecule has 0 unspecified atom stereocenters. The highest BCUT2D eigenvalue weighted by atomic mass is 16.3. The number of hydrogen-bond donors (Lipinski definition) is 2. The topological polar surface area (TPSA) is 71.2 Å². The smallest absolute Gasteiger partial charge is 0.199 e. The van der Waals surface area contributed by atoms with Crippen LogP contribution in [0.15, 0.2) is 16.5 Å². The summed E-state index contributed by atoms with van der Waals surface area (Å²) in [6, 6.07) is 4.06. The van der Waals surface area contributed by atoms with Gasteiger partial charge in [-0.25, -0.2) is 4.98 Å². The number of oxazole rings is 1. The number of nitrogens with zero attached hydrogens (tertiary/aromatic N) is 2. The number of hydrogen-bond acceptors (Lipinski definition) is 5. The SMILES string of the molecule is CC(C)c1nc2nc(CN[C@@H]3CCC[C@@H]3O)ccc2o1. The van der Waals surface area contributed by atoms with Crippen molar-refractivity contribution in [3.8, 4) is 0 Å². The van der Waals surface area contributed by atoms with Crippen molar-refractivity contribution in [3.05, 3.63) is 23.7 Å². The zero-order valence-electron chi connectivity index (χ0n) is 12.0. The molecule has 5 nitrogen and oxygen atoms in total. The van der Waals surface area contributed by atoms with Crippen LogP contribution in [0.4, 0.5) is 0 Å². The third kappa shape index (κ3) is 2.69. The van der Waals surface area contributed by atoms with Crippen molar-refractivity contribution in [1.82, 2.24) is 15.3 Å². The molecule has 0 spiro atoms. The Balaban J connectivity index is 1.72. The number of aliphatic hydroxyl groups excluding tert-OH is 1. The van der Waals surface area contributed by atoms with Crippen molar-refractivity contribution in [1.29, 1.82) is 0 Å². The Morgan fingerprint density at radius 2 is 2.20 bits per heavy atom. The third-order valence-corrected chi connectivity index (χ3v) is 3.85. The van der Waals surface area contributed by atoms with E-state index in [9.17, 15) is 5.11 Å². The molecule has 0 aliphatic heterocycles. The number of aromatic nitrogens is 2. The summed E-state index contributed by atoms with van der Waals surface area (Å²) in [4.78, 5) is 8.93. The normalized spacial score (nSPS) is 23.0. The monoisotopic (exact) mass is 275 g/mol. The van der Waals surface area contributed by atoms with Gasteiger partial charge < -0.3 is 14.8 Å². The highest BCUT2D eigenvalue weighted by molar-refractivity contribution is 5.67. The van der Waals surface area contributed by atoms with Gasteiger partial charge in [-0.3, -0.25) is 0 Å². The van der Waals surface area contributed by atoms with Gasteiger partial charge in [0.15, 0.2) is 17.1 Å². The van der Waals surface area contributed by atoms with Crippen LogP contribution in [0, 0.1) is 0 Å². The zero-order chi connectivity index (χ0) is 14.1. The zero-order valence-corrected chi connectivity index (χ0v) is 12.0. The van der Waals surface area contributed by atoms with Crippen molar-refractivity contribution in [2.24, 2.45) is 0 Å². The molecule has 1 fully saturated rings. The fraction of sp³-hybridized carbons (Fsp3) is 0.600. The summed E-state index contributed by atoms with van der Waals surface area (Å²) in [6.07, 6.45) is 2.79.